The summed E-state index contributed by atoms with van der Waals surface area (Å²) >= 11 is 0. The van der Waals surface area contributed by atoms with E-state index in [0.717, 1.165) is 23.3 Å². The zero-order valence-electron chi connectivity index (χ0n) is 15.0. The normalized spacial score (nSPS) is 11.1. The summed E-state index contributed by atoms with van der Waals surface area (Å²) in [6, 6.07) is 15.8. The predicted molar refractivity (Wildman–Crippen MR) is 101 cm³/mol. The average Bonchev–Trinajstić information content (AvgIpc) is 2.66. The van der Waals surface area contributed by atoms with Crippen LogP contribution < -0.4 is 10.6 Å². The number of rotatable bonds is 5. The molecule has 4 nitrogen and oxygen atoms in total. The third-order valence-electron chi connectivity index (χ3n) is 4.02. The molecule has 1 amide bonds. The Morgan fingerprint density at radius 2 is 1.82 bits per heavy atom. The largest absolute Gasteiger partial charge is 0.416 e. The lowest BCUT2D eigenvalue weighted by Gasteiger charge is -2.10. The smallest absolute Gasteiger partial charge is 0.348 e. The summed E-state index contributed by atoms with van der Waals surface area (Å²) in [5.41, 5.74) is 1.98. The third kappa shape index (κ3) is 5.09. The Labute approximate surface area is 160 Å². The molecular weight excluding hydrogens is 367 g/mol. The summed E-state index contributed by atoms with van der Waals surface area (Å²) < 4.78 is 38.3. The second-order valence-corrected chi connectivity index (χ2v) is 6.31. The molecule has 2 N–H and O–H groups in total. The van der Waals surface area contributed by atoms with Crippen LogP contribution in [-0.2, 0) is 12.7 Å². The quantitative estimate of drug-likeness (QED) is 0.644. The van der Waals surface area contributed by atoms with Crippen LogP contribution >= 0.6 is 0 Å². The maximum atomic E-state index is 12.8. The Morgan fingerprint density at radius 1 is 1.04 bits per heavy atom. The maximum Gasteiger partial charge on any atom is 0.416 e. The highest BCUT2D eigenvalue weighted by molar-refractivity contribution is 5.94. The topological polar surface area (TPSA) is 54.0 Å². The van der Waals surface area contributed by atoms with E-state index in [9.17, 15) is 18.0 Å². The molecule has 1 aromatic heterocycles. The molecule has 144 valence electrons. The highest BCUT2D eigenvalue weighted by Crippen LogP contribution is 2.31. The number of pyridine rings is 1. The fourth-order valence-electron chi connectivity index (χ4n) is 2.63. The molecule has 0 radical (unpaired) electrons. The number of nitrogens with zero attached hydrogens (tertiary/aromatic N) is 1. The van der Waals surface area contributed by atoms with Crippen molar-refractivity contribution in [3.8, 4) is 0 Å². The first-order chi connectivity index (χ1) is 13.3. The van der Waals surface area contributed by atoms with Gasteiger partial charge in [0.25, 0.3) is 5.91 Å². The molecule has 3 aromatic rings. The summed E-state index contributed by atoms with van der Waals surface area (Å²) in [5, 5.41) is 5.62. The van der Waals surface area contributed by atoms with Crippen LogP contribution in [0.25, 0.3) is 0 Å². The van der Waals surface area contributed by atoms with Crippen LogP contribution in [0.2, 0.25) is 0 Å². The van der Waals surface area contributed by atoms with Crippen LogP contribution in [0.3, 0.4) is 0 Å². The van der Waals surface area contributed by atoms with E-state index in [1.807, 2.05) is 31.2 Å². The predicted octanol–water partition coefficient (Wildman–Crippen LogP) is 5.08. The zero-order valence-corrected chi connectivity index (χ0v) is 15.0. The lowest BCUT2D eigenvalue weighted by atomic mass is 10.1. The van der Waals surface area contributed by atoms with E-state index in [0.29, 0.717) is 17.9 Å². The first-order valence-electron chi connectivity index (χ1n) is 8.55. The van der Waals surface area contributed by atoms with Crippen molar-refractivity contribution in [3.63, 3.8) is 0 Å². The number of carbonyl (C=O) groups is 1. The molecular formula is C21H18F3N3O. The van der Waals surface area contributed by atoms with Crippen molar-refractivity contribution in [2.75, 3.05) is 5.32 Å². The summed E-state index contributed by atoms with van der Waals surface area (Å²) in [7, 11) is 0. The van der Waals surface area contributed by atoms with Gasteiger partial charge in [-0.3, -0.25) is 4.79 Å². The SMILES string of the molecule is Cc1cccc(CNC(=O)c2ccc(Nc3cccc(C(F)(F)F)c3)nc2)c1. The molecule has 28 heavy (non-hydrogen) atoms. The molecule has 0 atom stereocenters. The summed E-state index contributed by atoms with van der Waals surface area (Å²) in [5.74, 6) is 0.0641. The van der Waals surface area contributed by atoms with Crippen LogP contribution in [-0.4, -0.2) is 10.9 Å². The third-order valence-corrected chi connectivity index (χ3v) is 4.02. The van der Waals surface area contributed by atoms with Gasteiger partial charge in [-0.1, -0.05) is 35.9 Å². The second-order valence-electron chi connectivity index (χ2n) is 6.31. The minimum absolute atomic E-state index is 0.263. The van der Waals surface area contributed by atoms with Gasteiger partial charge < -0.3 is 10.6 Å². The number of benzene rings is 2. The van der Waals surface area contributed by atoms with Gasteiger partial charge in [0, 0.05) is 18.4 Å². The summed E-state index contributed by atoms with van der Waals surface area (Å²) in [6.07, 6.45) is -3.04. The van der Waals surface area contributed by atoms with E-state index < -0.39 is 11.7 Å². The van der Waals surface area contributed by atoms with Crippen LogP contribution in [0, 0.1) is 6.92 Å². The molecule has 0 bridgehead atoms. The number of anilines is 2. The van der Waals surface area contributed by atoms with Gasteiger partial charge in [-0.05, 0) is 42.8 Å². The van der Waals surface area contributed by atoms with Gasteiger partial charge >= 0.3 is 6.18 Å². The van der Waals surface area contributed by atoms with Gasteiger partial charge in [-0.15, -0.1) is 0 Å². The lowest BCUT2D eigenvalue weighted by Crippen LogP contribution is -2.22. The van der Waals surface area contributed by atoms with E-state index in [4.69, 9.17) is 0 Å². The number of aryl methyl sites for hydroxylation is 1. The molecule has 0 aliphatic rings. The van der Waals surface area contributed by atoms with Crippen LogP contribution in [0.1, 0.15) is 27.0 Å². The lowest BCUT2D eigenvalue weighted by molar-refractivity contribution is -0.137. The molecule has 0 unspecified atom stereocenters. The average molecular weight is 385 g/mol. The van der Waals surface area contributed by atoms with Crippen molar-refractivity contribution in [2.24, 2.45) is 0 Å². The van der Waals surface area contributed by atoms with Crippen molar-refractivity contribution >= 4 is 17.4 Å². The van der Waals surface area contributed by atoms with Gasteiger partial charge in [0.2, 0.25) is 0 Å². The molecule has 7 heteroatoms. The molecule has 0 fully saturated rings. The van der Waals surface area contributed by atoms with E-state index >= 15 is 0 Å². The van der Waals surface area contributed by atoms with E-state index in [2.05, 4.69) is 15.6 Å². The molecule has 2 aromatic carbocycles. The number of aromatic nitrogens is 1. The molecule has 0 aliphatic heterocycles. The standard InChI is InChI=1S/C21H18F3N3O/c1-14-4-2-5-15(10-14)12-26-20(28)16-8-9-19(25-13-16)27-18-7-3-6-17(11-18)21(22,23)24/h2-11,13H,12H2,1H3,(H,25,27)(H,26,28). The summed E-state index contributed by atoms with van der Waals surface area (Å²) in [6.45, 7) is 2.37. The first-order valence-corrected chi connectivity index (χ1v) is 8.55. The molecule has 1 heterocycles. The number of nitrogens with one attached hydrogen (secondary N) is 2. The van der Waals surface area contributed by atoms with Gasteiger partial charge in [-0.25, -0.2) is 4.98 Å². The number of hydrogen-bond donors (Lipinski definition) is 2. The number of amides is 1. The molecule has 0 saturated heterocycles. The van der Waals surface area contributed by atoms with E-state index in [1.54, 1.807) is 12.1 Å². The Kier molecular flexibility index (Phi) is 5.63. The zero-order chi connectivity index (χ0) is 20.1. The fraction of sp³-hybridized carbons (Fsp3) is 0.143. The maximum absolute atomic E-state index is 12.8. The Balaban J connectivity index is 1.62. The summed E-state index contributed by atoms with van der Waals surface area (Å²) in [4.78, 5) is 16.3. The Morgan fingerprint density at radius 3 is 2.50 bits per heavy atom. The second kappa shape index (κ2) is 8.12. The van der Waals surface area contributed by atoms with Crippen molar-refractivity contribution < 1.29 is 18.0 Å². The first kappa shape index (κ1) is 19.4. The van der Waals surface area contributed by atoms with Gasteiger partial charge in [0.15, 0.2) is 0 Å². The van der Waals surface area contributed by atoms with Gasteiger partial charge in [0.05, 0.1) is 11.1 Å². The minimum Gasteiger partial charge on any atom is -0.348 e. The highest BCUT2D eigenvalue weighted by Gasteiger charge is 2.30. The van der Waals surface area contributed by atoms with Crippen molar-refractivity contribution in [3.05, 3.63) is 89.1 Å². The molecule has 3 rings (SSSR count). The molecule has 0 spiro atoms. The molecule has 0 aliphatic carbocycles. The van der Waals surface area contributed by atoms with Crippen LogP contribution in [0.5, 0.6) is 0 Å². The van der Waals surface area contributed by atoms with Crippen molar-refractivity contribution in [2.45, 2.75) is 19.6 Å². The fourth-order valence-corrected chi connectivity index (χ4v) is 2.63. The highest BCUT2D eigenvalue weighted by atomic mass is 19.4. The number of alkyl halides is 3. The number of halogens is 3. The van der Waals surface area contributed by atoms with Crippen molar-refractivity contribution in [1.82, 2.24) is 10.3 Å². The molecule has 0 saturated carbocycles. The van der Waals surface area contributed by atoms with Crippen LogP contribution in [0.4, 0.5) is 24.7 Å². The Hall–Kier alpha value is -3.35. The minimum atomic E-state index is -4.41. The number of carbonyl (C=O) groups excluding carboxylic acids is 1. The Bertz CT molecular complexity index is 969. The number of hydrogen-bond acceptors (Lipinski definition) is 3. The monoisotopic (exact) mass is 385 g/mol. The van der Waals surface area contributed by atoms with Gasteiger partial charge in [0.1, 0.15) is 5.82 Å². The van der Waals surface area contributed by atoms with E-state index in [1.165, 1.54) is 18.3 Å². The van der Waals surface area contributed by atoms with Crippen molar-refractivity contribution in [1.29, 1.82) is 0 Å². The van der Waals surface area contributed by atoms with Gasteiger partial charge in [-0.2, -0.15) is 13.2 Å². The van der Waals surface area contributed by atoms with Crippen LogP contribution in [0.15, 0.2) is 66.9 Å². The van der Waals surface area contributed by atoms with E-state index in [-0.39, 0.29) is 11.6 Å².